The molecule has 7 heteroatoms. The molecule has 0 aliphatic heterocycles. The molecule has 3 atom stereocenters. The molecular weight excluding hydrogens is 312 g/mol. The quantitative estimate of drug-likeness (QED) is 0.285. The van der Waals surface area contributed by atoms with Crippen LogP contribution >= 0.6 is 12.6 Å². The number of rotatable bonds is 11. The van der Waals surface area contributed by atoms with Crippen LogP contribution in [0.15, 0.2) is 0 Å². The van der Waals surface area contributed by atoms with E-state index >= 15 is 0 Å². The van der Waals surface area contributed by atoms with Crippen LogP contribution in [0.2, 0.25) is 0 Å². The van der Waals surface area contributed by atoms with Gasteiger partial charge in [-0.25, -0.2) is 0 Å². The van der Waals surface area contributed by atoms with Crippen LogP contribution < -0.4 is 21.7 Å². The number of unbranched alkanes of at least 4 members (excludes halogenated alkanes) is 1. The zero-order chi connectivity index (χ0) is 18.3. The van der Waals surface area contributed by atoms with Crippen molar-refractivity contribution in [1.82, 2.24) is 16.0 Å². The van der Waals surface area contributed by atoms with Crippen molar-refractivity contribution in [2.75, 3.05) is 19.3 Å². The zero-order valence-electron chi connectivity index (χ0n) is 15.3. The second-order valence-electron chi connectivity index (χ2n) is 5.27. The summed E-state index contributed by atoms with van der Waals surface area (Å²) in [6, 6.07) is -1.13. The van der Waals surface area contributed by atoms with Crippen molar-refractivity contribution in [3.8, 4) is 0 Å². The van der Waals surface area contributed by atoms with Crippen LogP contribution in [0.25, 0.3) is 0 Å². The molecule has 0 aromatic heterocycles. The molecule has 0 fully saturated rings. The first-order chi connectivity index (χ1) is 11.0. The third kappa shape index (κ3) is 12.3. The van der Waals surface area contributed by atoms with Gasteiger partial charge in [-0.1, -0.05) is 27.2 Å². The third-order valence-electron chi connectivity index (χ3n) is 3.23. The minimum atomic E-state index is -0.564. The minimum Gasteiger partial charge on any atom is -0.351 e. The predicted octanol–water partition coefficient (Wildman–Crippen LogP) is 1.06. The fourth-order valence-electron chi connectivity index (χ4n) is 1.82. The van der Waals surface area contributed by atoms with Crippen molar-refractivity contribution in [2.24, 2.45) is 5.73 Å². The normalized spacial score (nSPS) is 14.0. The Labute approximate surface area is 147 Å². The number of thiol groups is 1. The van der Waals surface area contributed by atoms with Crippen molar-refractivity contribution in [3.63, 3.8) is 0 Å². The number of carbonyl (C=O) groups is 2. The Morgan fingerprint density at radius 1 is 1.13 bits per heavy atom. The summed E-state index contributed by atoms with van der Waals surface area (Å²) in [6.45, 7) is 8.64. The van der Waals surface area contributed by atoms with Gasteiger partial charge in [0.1, 0.15) is 6.04 Å². The second kappa shape index (κ2) is 16.1. The summed E-state index contributed by atoms with van der Waals surface area (Å²) in [5.41, 5.74) is 5.85. The van der Waals surface area contributed by atoms with Crippen LogP contribution in [0, 0.1) is 0 Å². The summed E-state index contributed by atoms with van der Waals surface area (Å²) in [6.07, 6.45) is 3.02. The molecule has 23 heavy (non-hydrogen) atoms. The van der Waals surface area contributed by atoms with E-state index in [9.17, 15) is 9.59 Å². The van der Waals surface area contributed by atoms with E-state index in [4.69, 9.17) is 5.73 Å². The van der Waals surface area contributed by atoms with Crippen molar-refractivity contribution >= 4 is 24.4 Å². The van der Waals surface area contributed by atoms with Gasteiger partial charge in [-0.3, -0.25) is 9.59 Å². The lowest BCUT2D eigenvalue weighted by Gasteiger charge is -2.21. The highest BCUT2D eigenvalue weighted by molar-refractivity contribution is 7.80. The maximum atomic E-state index is 12.0. The summed E-state index contributed by atoms with van der Waals surface area (Å²) < 4.78 is 0. The molecule has 2 amide bonds. The van der Waals surface area contributed by atoms with Gasteiger partial charge in [0.25, 0.3) is 0 Å². The SMILES string of the molecule is CC.CCC(NC(=O)C(N)CCCCNC)C(=O)NC(C)CS. The number of nitrogens with one attached hydrogen (secondary N) is 3. The number of hydrogen-bond donors (Lipinski definition) is 5. The topological polar surface area (TPSA) is 96.2 Å². The fourth-order valence-corrected chi connectivity index (χ4v) is 1.91. The molecule has 6 nitrogen and oxygen atoms in total. The Hall–Kier alpha value is -0.790. The van der Waals surface area contributed by atoms with E-state index < -0.39 is 12.1 Å². The van der Waals surface area contributed by atoms with E-state index in [0.29, 0.717) is 18.6 Å². The van der Waals surface area contributed by atoms with Crippen LogP contribution in [0.4, 0.5) is 0 Å². The van der Waals surface area contributed by atoms with Gasteiger partial charge in [-0.2, -0.15) is 12.6 Å². The fraction of sp³-hybridized carbons (Fsp3) is 0.875. The molecule has 138 valence electrons. The number of amides is 2. The monoisotopic (exact) mass is 348 g/mol. The first-order valence-electron chi connectivity index (χ1n) is 8.58. The smallest absolute Gasteiger partial charge is 0.242 e. The Balaban J connectivity index is 0. The zero-order valence-corrected chi connectivity index (χ0v) is 16.2. The molecule has 0 aromatic rings. The van der Waals surface area contributed by atoms with E-state index in [-0.39, 0.29) is 17.9 Å². The van der Waals surface area contributed by atoms with Gasteiger partial charge in [-0.15, -0.1) is 0 Å². The third-order valence-corrected chi connectivity index (χ3v) is 3.78. The number of carbonyl (C=O) groups excluding carboxylic acids is 2. The van der Waals surface area contributed by atoms with Gasteiger partial charge in [0.15, 0.2) is 0 Å². The van der Waals surface area contributed by atoms with E-state index in [0.717, 1.165) is 19.4 Å². The largest absolute Gasteiger partial charge is 0.351 e. The highest BCUT2D eigenvalue weighted by Crippen LogP contribution is 2.01. The molecule has 0 saturated carbocycles. The molecule has 0 aliphatic carbocycles. The summed E-state index contributed by atoms with van der Waals surface area (Å²) in [4.78, 5) is 24.0. The summed E-state index contributed by atoms with van der Waals surface area (Å²) in [7, 11) is 1.89. The molecule has 0 heterocycles. The Kier molecular flexibility index (Phi) is 17.1. The minimum absolute atomic E-state index is 0.0259. The summed E-state index contributed by atoms with van der Waals surface area (Å²) >= 11 is 4.12. The van der Waals surface area contributed by atoms with Gasteiger partial charge in [0.2, 0.25) is 11.8 Å². The van der Waals surface area contributed by atoms with E-state index in [1.807, 2.05) is 34.7 Å². The molecular formula is C16H36N4O2S. The van der Waals surface area contributed by atoms with E-state index in [1.165, 1.54) is 0 Å². The molecule has 0 rings (SSSR count). The van der Waals surface area contributed by atoms with Gasteiger partial charge in [0.05, 0.1) is 6.04 Å². The second-order valence-corrected chi connectivity index (χ2v) is 5.63. The molecule has 0 aromatic carbocycles. The lowest BCUT2D eigenvalue weighted by molar-refractivity contribution is -0.130. The molecule has 0 aliphatic rings. The van der Waals surface area contributed by atoms with Gasteiger partial charge < -0.3 is 21.7 Å². The Morgan fingerprint density at radius 2 is 1.74 bits per heavy atom. The highest BCUT2D eigenvalue weighted by Gasteiger charge is 2.22. The van der Waals surface area contributed by atoms with Crippen LogP contribution in [0.3, 0.4) is 0 Å². The number of hydrogen-bond acceptors (Lipinski definition) is 5. The van der Waals surface area contributed by atoms with Gasteiger partial charge >= 0.3 is 0 Å². The van der Waals surface area contributed by atoms with E-state index in [2.05, 4.69) is 28.6 Å². The van der Waals surface area contributed by atoms with Crippen LogP contribution in [-0.2, 0) is 9.59 Å². The molecule has 0 bridgehead atoms. The van der Waals surface area contributed by atoms with Gasteiger partial charge in [-0.05, 0) is 39.8 Å². The maximum absolute atomic E-state index is 12.0. The molecule has 0 radical (unpaired) electrons. The number of nitrogens with two attached hydrogens (primary N) is 1. The molecule has 5 N–H and O–H groups in total. The Bertz CT molecular complexity index is 316. The maximum Gasteiger partial charge on any atom is 0.242 e. The average Bonchev–Trinajstić information content (AvgIpc) is 2.57. The Morgan fingerprint density at radius 3 is 2.22 bits per heavy atom. The van der Waals surface area contributed by atoms with Crippen molar-refractivity contribution in [1.29, 1.82) is 0 Å². The first-order valence-corrected chi connectivity index (χ1v) is 9.21. The van der Waals surface area contributed by atoms with Crippen LogP contribution in [0.1, 0.15) is 53.4 Å². The van der Waals surface area contributed by atoms with Gasteiger partial charge in [0, 0.05) is 11.8 Å². The summed E-state index contributed by atoms with van der Waals surface area (Å²) in [5.74, 6) is 0.107. The van der Waals surface area contributed by atoms with Crippen LogP contribution in [-0.4, -0.2) is 49.3 Å². The van der Waals surface area contributed by atoms with E-state index in [1.54, 1.807) is 0 Å². The van der Waals surface area contributed by atoms with Crippen LogP contribution in [0.5, 0.6) is 0 Å². The average molecular weight is 349 g/mol. The lowest BCUT2D eigenvalue weighted by atomic mass is 10.1. The highest BCUT2D eigenvalue weighted by atomic mass is 32.1. The predicted molar refractivity (Wildman–Crippen MR) is 101 cm³/mol. The first kappa shape index (κ1) is 24.5. The van der Waals surface area contributed by atoms with Crippen molar-refractivity contribution in [3.05, 3.63) is 0 Å². The molecule has 0 spiro atoms. The standard InChI is InChI=1S/C14H30N4O2S.C2H6/c1-4-12(14(20)17-10(2)9-21)18-13(19)11(15)7-5-6-8-16-3;1-2/h10-12,16,21H,4-9,15H2,1-3H3,(H,17,20)(H,18,19);1-2H3. The van der Waals surface area contributed by atoms with Crippen molar-refractivity contribution in [2.45, 2.75) is 71.5 Å². The summed E-state index contributed by atoms with van der Waals surface area (Å²) in [5, 5.41) is 8.58. The molecule has 3 unspecified atom stereocenters. The van der Waals surface area contributed by atoms with Crippen molar-refractivity contribution < 1.29 is 9.59 Å². The lowest BCUT2D eigenvalue weighted by Crippen LogP contribution is -2.52. The molecule has 0 saturated heterocycles.